The first-order valence-corrected chi connectivity index (χ1v) is 7.37. The summed E-state index contributed by atoms with van der Waals surface area (Å²) in [7, 11) is 3.14. The molecule has 0 fully saturated rings. The van der Waals surface area contributed by atoms with Crippen LogP contribution in [0.2, 0.25) is 0 Å². The molecule has 14 heavy (non-hydrogen) atoms. The molecule has 0 saturated heterocycles. The molecule has 0 heterocycles. The second kappa shape index (κ2) is 7.35. The van der Waals surface area contributed by atoms with Gasteiger partial charge in [-0.1, -0.05) is 35.4 Å². The first kappa shape index (κ1) is 14.0. The number of ketones is 2. The molecule has 0 aromatic carbocycles. The number of carbonyl (C=O) groups is 2. The number of hydrogen-bond donors (Lipinski definition) is 0. The van der Waals surface area contributed by atoms with Gasteiger partial charge in [-0.25, -0.2) is 0 Å². The van der Waals surface area contributed by atoms with Crippen molar-refractivity contribution in [2.75, 3.05) is 6.26 Å². The summed E-state index contributed by atoms with van der Waals surface area (Å²) >= 11 is 0. The normalized spacial score (nSPS) is 14.9. The zero-order valence-corrected chi connectivity index (χ0v) is 10.8. The summed E-state index contributed by atoms with van der Waals surface area (Å²) in [6, 6.07) is 0. The Morgan fingerprint density at radius 3 is 2.29 bits per heavy atom. The van der Waals surface area contributed by atoms with E-state index in [0.717, 1.165) is 0 Å². The molecular weight excluding hydrogens is 216 g/mol. The Morgan fingerprint density at radius 2 is 1.93 bits per heavy atom. The van der Waals surface area contributed by atoms with Gasteiger partial charge in [0.25, 0.3) is 0 Å². The molecular formula is C10H18O2S2. The highest BCUT2D eigenvalue weighted by molar-refractivity contribution is 8.76. The van der Waals surface area contributed by atoms with Crippen LogP contribution >= 0.6 is 21.6 Å². The van der Waals surface area contributed by atoms with Gasteiger partial charge in [0.15, 0.2) is 0 Å². The summed E-state index contributed by atoms with van der Waals surface area (Å²) in [6.07, 6.45) is 3.19. The minimum Gasteiger partial charge on any atom is -0.299 e. The third-order valence-electron chi connectivity index (χ3n) is 2.13. The quantitative estimate of drug-likeness (QED) is 0.634. The second-order valence-electron chi connectivity index (χ2n) is 3.32. The zero-order valence-electron chi connectivity index (χ0n) is 9.20. The Balaban J connectivity index is 4.15. The van der Waals surface area contributed by atoms with Crippen LogP contribution in [-0.4, -0.2) is 23.1 Å². The average molecular weight is 234 g/mol. The van der Waals surface area contributed by atoms with Crippen molar-refractivity contribution in [2.24, 2.45) is 5.92 Å². The molecule has 0 saturated carbocycles. The maximum Gasteiger partial charge on any atom is 0.143 e. The van der Waals surface area contributed by atoms with E-state index in [4.69, 9.17) is 0 Å². The lowest BCUT2D eigenvalue weighted by Crippen LogP contribution is -2.20. The first-order valence-electron chi connectivity index (χ1n) is 4.75. The average Bonchev–Trinajstić information content (AvgIpc) is 2.15. The molecule has 2 nitrogen and oxygen atoms in total. The van der Waals surface area contributed by atoms with Crippen molar-refractivity contribution in [3.05, 3.63) is 0 Å². The molecule has 0 aliphatic heterocycles. The zero-order chi connectivity index (χ0) is 11.1. The molecule has 0 radical (unpaired) electrons. The topological polar surface area (TPSA) is 34.1 Å². The fraction of sp³-hybridized carbons (Fsp3) is 0.800. The molecule has 0 aromatic rings. The Bertz CT molecular complexity index is 204. The van der Waals surface area contributed by atoms with Crippen LogP contribution in [-0.2, 0) is 9.59 Å². The molecule has 0 bridgehead atoms. The molecule has 0 aromatic heterocycles. The smallest absolute Gasteiger partial charge is 0.143 e. The van der Waals surface area contributed by atoms with Crippen molar-refractivity contribution in [1.29, 1.82) is 0 Å². The predicted molar refractivity (Wildman–Crippen MR) is 64.7 cm³/mol. The van der Waals surface area contributed by atoms with Gasteiger partial charge in [-0.3, -0.25) is 9.59 Å². The van der Waals surface area contributed by atoms with Gasteiger partial charge >= 0.3 is 0 Å². The number of hydrogen-bond acceptors (Lipinski definition) is 4. The molecule has 0 N–H and O–H groups in total. The highest BCUT2D eigenvalue weighted by Crippen LogP contribution is 2.29. The van der Waals surface area contributed by atoms with E-state index < -0.39 is 0 Å². The summed E-state index contributed by atoms with van der Waals surface area (Å²) in [6.45, 7) is 5.36. The summed E-state index contributed by atoms with van der Waals surface area (Å²) in [5.41, 5.74) is 0. The minimum atomic E-state index is -0.0319. The van der Waals surface area contributed by atoms with Crippen LogP contribution in [0.3, 0.4) is 0 Å². The number of rotatable bonds is 7. The first-order chi connectivity index (χ1) is 6.52. The van der Waals surface area contributed by atoms with Gasteiger partial charge in [0, 0.05) is 12.3 Å². The van der Waals surface area contributed by atoms with Gasteiger partial charge in [-0.15, -0.1) is 0 Å². The monoisotopic (exact) mass is 234 g/mol. The Kier molecular flexibility index (Phi) is 7.37. The molecule has 0 amide bonds. The van der Waals surface area contributed by atoms with Crippen molar-refractivity contribution in [3.8, 4) is 0 Å². The van der Waals surface area contributed by atoms with Crippen molar-refractivity contribution in [2.45, 2.75) is 38.9 Å². The summed E-state index contributed by atoms with van der Waals surface area (Å²) in [5.74, 6) is 0.423. The molecule has 0 aliphatic rings. The van der Waals surface area contributed by atoms with Crippen molar-refractivity contribution < 1.29 is 9.59 Å². The van der Waals surface area contributed by atoms with E-state index in [2.05, 4.69) is 0 Å². The van der Waals surface area contributed by atoms with Crippen LogP contribution in [0.1, 0.15) is 33.6 Å². The van der Waals surface area contributed by atoms with Gasteiger partial charge in [0.05, 0.1) is 5.25 Å². The molecule has 0 aliphatic carbocycles. The van der Waals surface area contributed by atoms with Gasteiger partial charge in [0.1, 0.15) is 11.6 Å². The van der Waals surface area contributed by atoms with E-state index in [9.17, 15) is 9.59 Å². The molecule has 0 spiro atoms. The van der Waals surface area contributed by atoms with Crippen LogP contribution in [0.25, 0.3) is 0 Å². The van der Waals surface area contributed by atoms with E-state index in [1.807, 2.05) is 20.1 Å². The molecule has 82 valence electrons. The minimum absolute atomic E-state index is 0.00792. The lowest BCUT2D eigenvalue weighted by molar-refractivity contribution is -0.122. The van der Waals surface area contributed by atoms with Gasteiger partial charge < -0.3 is 0 Å². The summed E-state index contributed by atoms with van der Waals surface area (Å²) in [5, 5.41) is -0.0319. The maximum absolute atomic E-state index is 11.3. The highest BCUT2D eigenvalue weighted by Gasteiger charge is 2.21. The standard InChI is InChI=1S/C10H18O2S2/c1-5-9(12)7(2)6-10(8(3)11)14-13-4/h7,10H,5-6H2,1-4H3/t7-,10-/m0/s1. The molecule has 0 rings (SSSR count). The Morgan fingerprint density at radius 1 is 1.36 bits per heavy atom. The van der Waals surface area contributed by atoms with E-state index in [0.29, 0.717) is 12.8 Å². The lowest BCUT2D eigenvalue weighted by atomic mass is 9.97. The predicted octanol–water partition coefficient (Wildman–Crippen LogP) is 2.96. The molecule has 2 atom stereocenters. The molecule has 0 unspecified atom stereocenters. The number of carbonyl (C=O) groups excluding carboxylic acids is 2. The van der Waals surface area contributed by atoms with Crippen LogP contribution in [0, 0.1) is 5.92 Å². The Labute approximate surface area is 94.0 Å². The van der Waals surface area contributed by atoms with Crippen molar-refractivity contribution >= 4 is 33.2 Å². The van der Waals surface area contributed by atoms with Crippen LogP contribution in [0.4, 0.5) is 0 Å². The summed E-state index contributed by atoms with van der Waals surface area (Å²) < 4.78 is 0. The lowest BCUT2D eigenvalue weighted by Gasteiger charge is -2.15. The van der Waals surface area contributed by atoms with Crippen LogP contribution in [0.5, 0.6) is 0 Å². The fourth-order valence-electron chi connectivity index (χ4n) is 1.19. The van der Waals surface area contributed by atoms with E-state index >= 15 is 0 Å². The third-order valence-corrected chi connectivity index (χ3v) is 4.35. The largest absolute Gasteiger partial charge is 0.299 e. The van der Waals surface area contributed by atoms with Crippen molar-refractivity contribution in [3.63, 3.8) is 0 Å². The highest BCUT2D eigenvalue weighted by atomic mass is 33.1. The van der Waals surface area contributed by atoms with Gasteiger partial charge in [0.2, 0.25) is 0 Å². The van der Waals surface area contributed by atoms with E-state index in [-0.39, 0.29) is 22.7 Å². The molecule has 4 heteroatoms. The van der Waals surface area contributed by atoms with Crippen molar-refractivity contribution in [1.82, 2.24) is 0 Å². The fourth-order valence-corrected chi connectivity index (χ4v) is 3.26. The van der Waals surface area contributed by atoms with Crippen LogP contribution < -0.4 is 0 Å². The van der Waals surface area contributed by atoms with Crippen LogP contribution in [0.15, 0.2) is 0 Å². The van der Waals surface area contributed by atoms with E-state index in [1.54, 1.807) is 28.5 Å². The SMILES string of the molecule is CCC(=O)[C@@H](C)C[C@H](SSC)C(C)=O. The number of Topliss-reactive ketones (excluding diaryl/α,β-unsaturated/α-hetero) is 2. The second-order valence-corrected chi connectivity index (χ2v) is 5.99. The van der Waals surface area contributed by atoms with Gasteiger partial charge in [-0.05, 0) is 19.6 Å². The third kappa shape index (κ3) is 5.05. The van der Waals surface area contributed by atoms with Gasteiger partial charge in [-0.2, -0.15) is 0 Å². The maximum atomic E-state index is 11.3. The Hall–Kier alpha value is 0.0400. The van der Waals surface area contributed by atoms with E-state index in [1.165, 1.54) is 0 Å². The summed E-state index contributed by atoms with van der Waals surface area (Å²) in [4.78, 5) is 22.6.